The molecule has 0 aliphatic carbocycles. The van der Waals surface area contributed by atoms with E-state index < -0.39 is 12.1 Å². The zero-order valence-corrected chi connectivity index (χ0v) is 17.8. The molecule has 0 amide bonds. The van der Waals surface area contributed by atoms with Crippen molar-refractivity contribution in [3.63, 3.8) is 0 Å². The SMILES string of the molecule is COc1ccc(/C=C2/c3ccccc3-[n+]3ccc4ccccc4c32)cc1O.O=C([O-])C(F)(F)F. The number of carbonyl (C=O) groups is 1. The highest BCUT2D eigenvalue weighted by atomic mass is 19.4. The van der Waals surface area contributed by atoms with Crippen LogP contribution in [0.3, 0.4) is 0 Å². The summed E-state index contributed by atoms with van der Waals surface area (Å²) < 4.78 is 39.0. The Morgan fingerprint density at radius 2 is 1.71 bits per heavy atom. The number of carbonyl (C=O) groups excluding carboxylic acids is 1. The number of ether oxygens (including phenoxy) is 1. The molecule has 5 rings (SSSR count). The maximum Gasteiger partial charge on any atom is 0.430 e. The molecule has 0 fully saturated rings. The Bertz CT molecular complexity index is 1430. The average Bonchev–Trinajstić information content (AvgIpc) is 3.13. The van der Waals surface area contributed by atoms with Crippen LogP contribution in [0, 0.1) is 0 Å². The van der Waals surface area contributed by atoms with E-state index in [-0.39, 0.29) is 5.75 Å². The van der Waals surface area contributed by atoms with Crippen molar-refractivity contribution in [2.45, 2.75) is 6.18 Å². The average molecular weight is 465 g/mol. The Hall–Kier alpha value is -4.33. The number of fused-ring (bicyclic) bond motifs is 5. The van der Waals surface area contributed by atoms with Gasteiger partial charge < -0.3 is 19.7 Å². The second kappa shape index (κ2) is 8.90. The number of pyridine rings is 1. The van der Waals surface area contributed by atoms with Crippen molar-refractivity contribution in [1.82, 2.24) is 0 Å². The Balaban J connectivity index is 0.000000344. The van der Waals surface area contributed by atoms with E-state index in [0.29, 0.717) is 5.75 Å². The maximum absolute atomic E-state index is 10.5. The number of alkyl halides is 3. The number of aromatic hydroxyl groups is 1. The van der Waals surface area contributed by atoms with E-state index in [1.165, 1.54) is 27.7 Å². The molecule has 3 aromatic carbocycles. The molecule has 5 nitrogen and oxygen atoms in total. The maximum atomic E-state index is 10.5. The highest BCUT2D eigenvalue weighted by Crippen LogP contribution is 2.37. The van der Waals surface area contributed by atoms with Crippen molar-refractivity contribution >= 4 is 28.4 Å². The second-order valence-corrected chi connectivity index (χ2v) is 7.41. The number of hydrogen-bond donors (Lipinski definition) is 1. The van der Waals surface area contributed by atoms with Crippen LogP contribution < -0.4 is 14.4 Å². The van der Waals surface area contributed by atoms with Crippen LogP contribution in [0.15, 0.2) is 79.0 Å². The number of carboxylic acids is 1. The highest BCUT2D eigenvalue weighted by molar-refractivity contribution is 6.02. The van der Waals surface area contributed by atoms with Crippen molar-refractivity contribution < 1.29 is 37.5 Å². The molecule has 8 heteroatoms. The topological polar surface area (TPSA) is 73.5 Å². The summed E-state index contributed by atoms with van der Waals surface area (Å²) in [6, 6.07) is 24.5. The Morgan fingerprint density at radius 3 is 2.38 bits per heavy atom. The lowest BCUT2D eigenvalue weighted by atomic mass is 9.98. The predicted molar refractivity (Wildman–Crippen MR) is 118 cm³/mol. The van der Waals surface area contributed by atoms with Gasteiger partial charge in [0.1, 0.15) is 5.97 Å². The summed E-state index contributed by atoms with van der Waals surface area (Å²) in [5.74, 6) is -2.39. The number of benzene rings is 3. The summed E-state index contributed by atoms with van der Waals surface area (Å²) >= 11 is 0. The molecule has 172 valence electrons. The van der Waals surface area contributed by atoms with Crippen LogP contribution in [0.25, 0.3) is 28.1 Å². The van der Waals surface area contributed by atoms with Gasteiger partial charge in [0.25, 0.3) is 0 Å². The zero-order chi connectivity index (χ0) is 24.5. The minimum Gasteiger partial charge on any atom is -0.542 e. The smallest absolute Gasteiger partial charge is 0.430 e. The zero-order valence-electron chi connectivity index (χ0n) is 17.8. The van der Waals surface area contributed by atoms with Crippen molar-refractivity contribution in [2.24, 2.45) is 0 Å². The van der Waals surface area contributed by atoms with Gasteiger partial charge in [0, 0.05) is 12.1 Å². The van der Waals surface area contributed by atoms with E-state index in [2.05, 4.69) is 71.4 Å². The van der Waals surface area contributed by atoms with Crippen LogP contribution in [-0.4, -0.2) is 24.4 Å². The first-order chi connectivity index (χ1) is 16.2. The van der Waals surface area contributed by atoms with Crippen molar-refractivity contribution in [3.05, 3.63) is 95.8 Å². The molecular weight excluding hydrogens is 447 g/mol. The molecule has 0 bridgehead atoms. The summed E-state index contributed by atoms with van der Waals surface area (Å²) in [7, 11) is 1.55. The number of para-hydroxylation sites is 1. The van der Waals surface area contributed by atoms with Gasteiger partial charge in [-0.15, -0.1) is 0 Å². The summed E-state index contributed by atoms with van der Waals surface area (Å²) in [5, 5.41) is 21.4. The van der Waals surface area contributed by atoms with E-state index in [1.54, 1.807) is 19.2 Å². The number of carboxylic acid groups (broad SMARTS) is 1. The highest BCUT2D eigenvalue weighted by Gasteiger charge is 2.33. The molecule has 1 N–H and O–H groups in total. The number of hydrogen-bond acceptors (Lipinski definition) is 4. The van der Waals surface area contributed by atoms with Crippen molar-refractivity contribution in [2.75, 3.05) is 7.11 Å². The summed E-state index contributed by atoms with van der Waals surface area (Å²) in [4.78, 5) is 8.78. The normalized spacial score (nSPS) is 13.1. The number of rotatable bonds is 2. The first-order valence-corrected chi connectivity index (χ1v) is 10.1. The molecule has 2 heterocycles. The molecule has 0 saturated carbocycles. The van der Waals surface area contributed by atoms with E-state index in [9.17, 15) is 18.3 Å². The number of halogens is 3. The Kier molecular flexibility index (Phi) is 5.98. The monoisotopic (exact) mass is 465 g/mol. The number of aliphatic carboxylic acids is 1. The first kappa shape index (κ1) is 22.8. The Morgan fingerprint density at radius 1 is 1.03 bits per heavy atom. The third-order valence-corrected chi connectivity index (χ3v) is 5.31. The van der Waals surface area contributed by atoms with Gasteiger partial charge in [-0.1, -0.05) is 36.4 Å². The standard InChI is InChI=1S/C24H17NO2.C2HF3O2/c1-27-23-11-10-16(15-22(23)26)14-20-19-8-4-5-9-21(19)25-13-12-17-6-2-3-7-18(17)24(20)25;3-2(4,5)1(6)7/h2-15H,1H3;(H,6,7)/b20-14-;. The van der Waals surface area contributed by atoms with Crippen molar-refractivity contribution in [3.8, 4) is 17.2 Å². The third-order valence-electron chi connectivity index (χ3n) is 5.31. The van der Waals surface area contributed by atoms with E-state index in [1.807, 2.05) is 6.07 Å². The number of methoxy groups -OCH3 is 1. The fourth-order valence-electron chi connectivity index (χ4n) is 3.84. The number of phenolic OH excluding ortho intramolecular Hbond substituents is 1. The predicted octanol–water partition coefficient (Wildman–Crippen LogP) is 4.03. The van der Waals surface area contributed by atoms with Gasteiger partial charge in [0.15, 0.2) is 17.7 Å². The van der Waals surface area contributed by atoms with Crippen LogP contribution >= 0.6 is 0 Å². The van der Waals surface area contributed by atoms with Crippen molar-refractivity contribution in [1.29, 1.82) is 0 Å². The lowest BCUT2D eigenvalue weighted by Crippen LogP contribution is -2.37. The van der Waals surface area contributed by atoms with Crippen LogP contribution in [0.4, 0.5) is 13.2 Å². The summed E-state index contributed by atoms with van der Waals surface area (Å²) in [5.41, 5.74) is 5.60. The minimum absolute atomic E-state index is 0.143. The van der Waals surface area contributed by atoms with Gasteiger partial charge in [-0.05, 0) is 41.3 Å². The molecule has 0 spiro atoms. The van der Waals surface area contributed by atoms with E-state index >= 15 is 0 Å². The molecule has 4 aromatic rings. The molecular formula is C26H18F3NO4. The Labute approximate surface area is 192 Å². The molecule has 0 unspecified atom stereocenters. The number of aromatic nitrogens is 1. The van der Waals surface area contributed by atoms with Crippen LogP contribution in [0.1, 0.15) is 16.8 Å². The van der Waals surface area contributed by atoms with E-state index in [0.717, 1.165) is 11.1 Å². The van der Waals surface area contributed by atoms with Gasteiger partial charge in [0.05, 0.1) is 23.6 Å². The van der Waals surface area contributed by atoms with Gasteiger partial charge >= 0.3 is 6.18 Å². The van der Waals surface area contributed by atoms with Gasteiger partial charge in [-0.25, -0.2) is 0 Å². The summed E-state index contributed by atoms with van der Waals surface area (Å²) in [6.07, 6.45) is -0.938. The van der Waals surface area contributed by atoms with Crippen LogP contribution in [-0.2, 0) is 4.79 Å². The molecule has 1 aliphatic heterocycles. The van der Waals surface area contributed by atoms with Crippen LogP contribution in [0.5, 0.6) is 11.5 Å². The molecule has 34 heavy (non-hydrogen) atoms. The van der Waals surface area contributed by atoms with E-state index in [4.69, 9.17) is 14.6 Å². The third kappa shape index (κ3) is 4.30. The fraction of sp³-hybridized carbons (Fsp3) is 0.0769. The lowest BCUT2D eigenvalue weighted by molar-refractivity contribution is -0.592. The molecule has 0 saturated heterocycles. The molecule has 1 aromatic heterocycles. The minimum atomic E-state index is -5.19. The number of phenols is 1. The van der Waals surface area contributed by atoms with Gasteiger partial charge in [-0.3, -0.25) is 0 Å². The molecule has 0 radical (unpaired) electrons. The van der Waals surface area contributed by atoms with Crippen LogP contribution in [0.2, 0.25) is 0 Å². The fourth-order valence-corrected chi connectivity index (χ4v) is 3.84. The number of nitrogens with zero attached hydrogens (tertiary/aromatic N) is 1. The van der Waals surface area contributed by atoms with Gasteiger partial charge in [-0.2, -0.15) is 17.7 Å². The largest absolute Gasteiger partial charge is 0.542 e. The second-order valence-electron chi connectivity index (χ2n) is 7.41. The first-order valence-electron chi connectivity index (χ1n) is 10.1. The summed E-state index contributed by atoms with van der Waals surface area (Å²) in [6.45, 7) is 0. The molecule has 1 aliphatic rings. The molecule has 0 atom stereocenters. The van der Waals surface area contributed by atoms with Gasteiger partial charge in [0.2, 0.25) is 11.4 Å². The quantitative estimate of drug-likeness (QED) is 0.400. The lowest BCUT2D eigenvalue weighted by Gasteiger charge is -2.05.